The molecule has 0 bridgehead atoms. The molecule has 5 aromatic rings. The summed E-state index contributed by atoms with van der Waals surface area (Å²) in [7, 11) is -1.22. The van der Waals surface area contributed by atoms with E-state index in [1.54, 1.807) is 12.5 Å². The first-order chi connectivity index (χ1) is 24.1. The molecule has 1 aliphatic heterocycles. The molecule has 0 fully saturated rings. The number of unbranched alkanes of at least 4 members (excludes halogenated alkanes) is 1. The number of alkyl halides is 1. The van der Waals surface area contributed by atoms with Crippen LogP contribution in [0.4, 0.5) is 10.1 Å². The van der Waals surface area contributed by atoms with E-state index in [2.05, 4.69) is 69.7 Å². The van der Waals surface area contributed by atoms with E-state index in [-0.39, 0.29) is 0 Å². The predicted octanol–water partition coefficient (Wildman–Crippen LogP) is 8.45. The fourth-order valence-electron chi connectivity index (χ4n) is 6.22. The van der Waals surface area contributed by atoms with Gasteiger partial charge in [0.25, 0.3) is 0 Å². The van der Waals surface area contributed by atoms with Crippen LogP contribution in [0.5, 0.6) is 5.75 Å². The number of aromatic amines is 1. The summed E-state index contributed by atoms with van der Waals surface area (Å²) in [5.74, 6) is 2.02. The van der Waals surface area contributed by atoms with E-state index < -0.39 is 17.5 Å². The van der Waals surface area contributed by atoms with Crippen molar-refractivity contribution < 1.29 is 18.1 Å². The van der Waals surface area contributed by atoms with Gasteiger partial charge < -0.3 is 23.9 Å². The molecule has 6 rings (SSSR count). The third kappa shape index (κ3) is 8.66. The highest BCUT2D eigenvalue weighted by atomic mass is 32.2. The summed E-state index contributed by atoms with van der Waals surface area (Å²) in [5.41, 5.74) is 7.93. The highest BCUT2D eigenvalue weighted by Crippen LogP contribution is 2.35. The molecule has 3 heterocycles. The Balaban J connectivity index is 1.24. The zero-order valence-corrected chi connectivity index (χ0v) is 29.3. The Labute approximate surface area is 290 Å². The predicted molar refractivity (Wildman–Crippen MR) is 197 cm³/mol. The molecule has 1 atom stereocenters. The zero-order chi connectivity index (χ0) is 34.0. The van der Waals surface area contributed by atoms with Crippen molar-refractivity contribution in [1.82, 2.24) is 19.5 Å². The van der Waals surface area contributed by atoms with Gasteiger partial charge in [-0.05, 0) is 96.5 Å². The number of nitrogens with one attached hydrogen (secondary N) is 1. The lowest BCUT2D eigenvalue weighted by molar-refractivity contribution is 0.0981. The summed E-state index contributed by atoms with van der Waals surface area (Å²) in [5, 5.41) is 0. The van der Waals surface area contributed by atoms with Crippen LogP contribution >= 0.6 is 0 Å². The van der Waals surface area contributed by atoms with Gasteiger partial charge in [-0.2, -0.15) is 0 Å². The molecule has 1 aliphatic rings. The standard InChI is InChI=1S/C39H46FN5O3S/c1-3-5-20-47-21-22-48-34-11-8-29(9-12-34)30-10-15-38-32(23-30)24-31(7-6-18-44(38)19-16-40)39-42-36-14-13-35(25-37(36)43-39)49(46)27-33-26-41-28-45(33)17-4-2/h8-15,23-26,28H,3-7,16-22,27H2,1-2H3,(H,42,43)/b31-24+/t49-/m0/s1. The van der Waals surface area contributed by atoms with Crippen molar-refractivity contribution in [1.29, 1.82) is 0 Å². The van der Waals surface area contributed by atoms with Crippen molar-refractivity contribution in [2.75, 3.05) is 44.5 Å². The molecule has 258 valence electrons. The van der Waals surface area contributed by atoms with Gasteiger partial charge in [-0.15, -0.1) is 0 Å². The number of H-pyrrole nitrogens is 1. The van der Waals surface area contributed by atoms with Gasteiger partial charge in [-0.25, -0.2) is 14.4 Å². The number of hydrogen-bond acceptors (Lipinski definition) is 6. The van der Waals surface area contributed by atoms with Crippen molar-refractivity contribution in [3.8, 4) is 16.9 Å². The summed E-state index contributed by atoms with van der Waals surface area (Å²) in [4.78, 5) is 15.6. The summed E-state index contributed by atoms with van der Waals surface area (Å²) < 4.78 is 40.6. The molecule has 3 aromatic carbocycles. The highest BCUT2D eigenvalue weighted by molar-refractivity contribution is 7.84. The number of aromatic nitrogens is 4. The van der Waals surface area contributed by atoms with E-state index in [0.717, 1.165) is 113 Å². The number of imidazole rings is 2. The molecule has 0 saturated heterocycles. The first kappa shape index (κ1) is 34.6. The number of allylic oxidation sites excluding steroid dienone is 1. The zero-order valence-electron chi connectivity index (χ0n) is 28.5. The van der Waals surface area contributed by atoms with Crippen molar-refractivity contribution in [2.24, 2.45) is 0 Å². The second-order valence-electron chi connectivity index (χ2n) is 12.4. The van der Waals surface area contributed by atoms with E-state index in [0.29, 0.717) is 25.5 Å². The molecule has 0 amide bonds. The van der Waals surface area contributed by atoms with Crippen LogP contribution in [0.2, 0.25) is 0 Å². The van der Waals surface area contributed by atoms with E-state index in [1.807, 2.05) is 30.3 Å². The second kappa shape index (κ2) is 16.9. The normalized spacial score (nSPS) is 15.0. The van der Waals surface area contributed by atoms with Crippen molar-refractivity contribution >= 4 is 39.2 Å². The van der Waals surface area contributed by atoms with Crippen LogP contribution in [0.3, 0.4) is 0 Å². The molecular weight excluding hydrogens is 638 g/mol. The topological polar surface area (TPSA) is 85.3 Å². The van der Waals surface area contributed by atoms with E-state index in [9.17, 15) is 8.60 Å². The Morgan fingerprint density at radius 1 is 0.959 bits per heavy atom. The van der Waals surface area contributed by atoms with Gasteiger partial charge in [0.15, 0.2) is 0 Å². The van der Waals surface area contributed by atoms with Gasteiger partial charge in [0.05, 0.1) is 46.2 Å². The summed E-state index contributed by atoms with van der Waals surface area (Å²) in [6.07, 6.45) is 10.6. The van der Waals surface area contributed by atoms with Crippen LogP contribution < -0.4 is 9.64 Å². The van der Waals surface area contributed by atoms with Gasteiger partial charge in [0, 0.05) is 43.0 Å². The van der Waals surface area contributed by atoms with E-state index in [1.165, 1.54) is 0 Å². The maximum absolute atomic E-state index is 13.6. The SMILES string of the molecule is CCCCOCCOc1ccc(-c2ccc3c(c2)/C=C(/c2nc4ccc([S@@](=O)Cc5cncn5CCC)cc4[nH]2)CCCN3CCF)cc1. The number of nitrogens with zero attached hydrogens (tertiary/aromatic N) is 4. The average Bonchev–Trinajstić information content (AvgIpc) is 3.74. The number of aryl methyl sites for hydroxylation is 1. The maximum atomic E-state index is 13.6. The lowest BCUT2D eigenvalue weighted by Gasteiger charge is -2.28. The Kier molecular flexibility index (Phi) is 11.9. The lowest BCUT2D eigenvalue weighted by atomic mass is 9.96. The first-order valence-electron chi connectivity index (χ1n) is 17.4. The molecule has 2 aromatic heterocycles. The number of rotatable bonds is 16. The quantitative estimate of drug-likeness (QED) is 0.105. The number of anilines is 1. The molecule has 8 nitrogen and oxygen atoms in total. The van der Waals surface area contributed by atoms with Crippen LogP contribution in [0, 0.1) is 0 Å². The van der Waals surface area contributed by atoms with Crippen LogP contribution in [-0.2, 0) is 27.8 Å². The van der Waals surface area contributed by atoms with Gasteiger partial charge in [-0.1, -0.05) is 38.5 Å². The van der Waals surface area contributed by atoms with Gasteiger partial charge in [0.2, 0.25) is 0 Å². The minimum Gasteiger partial charge on any atom is -0.491 e. The lowest BCUT2D eigenvalue weighted by Crippen LogP contribution is -2.28. The minimum absolute atomic E-state index is 0.355. The monoisotopic (exact) mass is 683 g/mol. The fraction of sp³-hybridized carbons (Fsp3) is 0.385. The molecule has 0 saturated carbocycles. The Bertz CT molecular complexity index is 1880. The minimum atomic E-state index is -1.22. The molecule has 10 heteroatoms. The second-order valence-corrected chi connectivity index (χ2v) is 13.8. The molecule has 0 spiro atoms. The van der Waals surface area contributed by atoms with Gasteiger partial charge in [-0.3, -0.25) is 4.21 Å². The average molecular weight is 684 g/mol. The third-order valence-electron chi connectivity index (χ3n) is 8.82. The Morgan fingerprint density at radius 3 is 2.63 bits per heavy atom. The molecule has 0 unspecified atom stereocenters. The van der Waals surface area contributed by atoms with Crippen molar-refractivity contribution in [2.45, 2.75) is 63.1 Å². The number of ether oxygens (including phenoxy) is 2. The van der Waals surface area contributed by atoms with Crippen molar-refractivity contribution in [3.05, 3.63) is 90.3 Å². The number of hydrogen-bond donors (Lipinski definition) is 1. The van der Waals surface area contributed by atoms with Gasteiger partial charge >= 0.3 is 0 Å². The third-order valence-corrected chi connectivity index (χ3v) is 10.2. The Hall–Kier alpha value is -4.28. The first-order valence-corrected chi connectivity index (χ1v) is 18.7. The molecular formula is C39H46FN5O3S. The van der Waals surface area contributed by atoms with Gasteiger partial charge in [0.1, 0.15) is 24.9 Å². The van der Waals surface area contributed by atoms with Crippen LogP contribution in [0.15, 0.2) is 78.1 Å². The fourth-order valence-corrected chi connectivity index (χ4v) is 7.37. The Morgan fingerprint density at radius 2 is 1.82 bits per heavy atom. The molecule has 0 radical (unpaired) electrons. The number of halogens is 1. The number of benzene rings is 3. The van der Waals surface area contributed by atoms with Crippen LogP contribution in [0.25, 0.3) is 33.8 Å². The summed E-state index contributed by atoms with van der Waals surface area (Å²) >= 11 is 0. The van der Waals surface area contributed by atoms with E-state index in [4.69, 9.17) is 14.5 Å². The summed E-state index contributed by atoms with van der Waals surface area (Å²) in [6, 6.07) is 20.3. The molecule has 49 heavy (non-hydrogen) atoms. The summed E-state index contributed by atoms with van der Waals surface area (Å²) in [6.45, 7) is 7.69. The highest BCUT2D eigenvalue weighted by Gasteiger charge is 2.19. The smallest absolute Gasteiger partial charge is 0.134 e. The van der Waals surface area contributed by atoms with Crippen molar-refractivity contribution in [3.63, 3.8) is 0 Å². The number of fused-ring (bicyclic) bond motifs is 2. The van der Waals surface area contributed by atoms with E-state index >= 15 is 0 Å². The molecule has 0 aliphatic carbocycles. The van der Waals surface area contributed by atoms with Crippen LogP contribution in [0.1, 0.15) is 63.0 Å². The van der Waals surface area contributed by atoms with Crippen LogP contribution in [-0.4, -0.2) is 63.3 Å². The molecule has 1 N–H and O–H groups in total. The largest absolute Gasteiger partial charge is 0.491 e. The maximum Gasteiger partial charge on any atom is 0.134 e.